The molecule has 18 heteroatoms. The predicted octanol–water partition coefficient (Wildman–Crippen LogP) is 3.77. The van der Waals surface area contributed by atoms with Gasteiger partial charge < -0.3 is 28.4 Å². The zero-order valence-electron chi connectivity index (χ0n) is 16.3. The van der Waals surface area contributed by atoms with Crippen LogP contribution >= 0.6 is 0 Å². The lowest BCUT2D eigenvalue weighted by molar-refractivity contribution is -0.474. The summed E-state index contributed by atoms with van der Waals surface area (Å²) < 4.78 is 183. The summed E-state index contributed by atoms with van der Waals surface area (Å²) in [5.41, 5.74) is -8.78. The van der Waals surface area contributed by atoms with E-state index in [2.05, 4.69) is 9.47 Å². The smallest absolute Gasteiger partial charge is 0.370 e. The average Bonchev–Trinajstić information content (AvgIpc) is 3.11. The fraction of sp³-hybridized carbons (Fsp3) is 1.00. The molecule has 34 heavy (non-hydrogen) atoms. The fourth-order valence-electron chi connectivity index (χ4n) is 4.15. The maximum absolute atomic E-state index is 12.8. The standard InChI is InChI=1S/C16H14F12O6/c17-13(18,19)11(14(20,21)22)1-7(33-11)31-5-3-29-10-6(4-30-9(5)10)32-8-2-12(34-8,15(23,24)25)16(26,27)28/h5-10H,1-4H2. The molecule has 4 rings (SSSR count). The van der Waals surface area contributed by atoms with Gasteiger partial charge in [-0.05, 0) is 0 Å². The number of rotatable bonds is 4. The molecule has 4 fully saturated rings. The maximum Gasteiger partial charge on any atom is 0.426 e. The van der Waals surface area contributed by atoms with E-state index in [1.54, 1.807) is 0 Å². The highest BCUT2D eigenvalue weighted by Gasteiger charge is 2.80. The Balaban J connectivity index is 1.31. The summed E-state index contributed by atoms with van der Waals surface area (Å²) >= 11 is 0. The van der Waals surface area contributed by atoms with Crippen molar-refractivity contribution in [3.05, 3.63) is 0 Å². The lowest BCUT2D eigenvalue weighted by atomic mass is 9.91. The third-order valence-electron chi connectivity index (χ3n) is 6.02. The monoisotopic (exact) mass is 530 g/mol. The van der Waals surface area contributed by atoms with E-state index in [0.29, 0.717) is 0 Å². The van der Waals surface area contributed by atoms with Crippen molar-refractivity contribution in [2.75, 3.05) is 13.2 Å². The Bertz CT molecular complexity index is 668. The molecular weight excluding hydrogens is 516 g/mol. The third kappa shape index (κ3) is 3.84. The van der Waals surface area contributed by atoms with E-state index in [1.165, 1.54) is 0 Å². The average molecular weight is 530 g/mol. The Kier molecular flexibility index (Phi) is 5.89. The van der Waals surface area contributed by atoms with Gasteiger partial charge in [0.1, 0.15) is 24.4 Å². The van der Waals surface area contributed by atoms with Gasteiger partial charge in [0.15, 0.2) is 12.6 Å². The number of alkyl halides is 12. The van der Waals surface area contributed by atoms with Gasteiger partial charge in [-0.2, -0.15) is 52.7 Å². The molecular formula is C16H14F12O6. The molecule has 0 radical (unpaired) electrons. The first-order chi connectivity index (χ1) is 15.3. The van der Waals surface area contributed by atoms with E-state index in [4.69, 9.17) is 18.9 Å². The van der Waals surface area contributed by atoms with Crippen molar-refractivity contribution in [1.29, 1.82) is 0 Å². The Morgan fingerprint density at radius 1 is 0.529 bits per heavy atom. The zero-order valence-corrected chi connectivity index (χ0v) is 16.3. The van der Waals surface area contributed by atoms with E-state index in [9.17, 15) is 52.7 Å². The van der Waals surface area contributed by atoms with Gasteiger partial charge >= 0.3 is 24.7 Å². The maximum atomic E-state index is 12.8. The molecule has 0 bridgehead atoms. The van der Waals surface area contributed by atoms with E-state index in [-0.39, 0.29) is 0 Å². The van der Waals surface area contributed by atoms with Gasteiger partial charge in [-0.25, -0.2) is 0 Å². The Labute approximate surface area is 181 Å². The Hall–Kier alpha value is -1.08. The quantitative estimate of drug-likeness (QED) is 0.517. The highest BCUT2D eigenvalue weighted by atomic mass is 19.4. The lowest BCUT2D eigenvalue weighted by Crippen LogP contribution is -2.69. The molecule has 0 spiro atoms. The van der Waals surface area contributed by atoms with Crippen molar-refractivity contribution in [2.24, 2.45) is 0 Å². The summed E-state index contributed by atoms with van der Waals surface area (Å²) in [5.74, 6) is 0. The van der Waals surface area contributed by atoms with E-state index in [1.807, 2.05) is 0 Å². The SMILES string of the molecule is FC(F)(F)C1(C(F)(F)F)CC(OC2COC3C(OC4CC(C(F)(F)F)(C(F)(F)F)O4)COC23)O1. The highest BCUT2D eigenvalue weighted by Crippen LogP contribution is 2.57. The summed E-state index contributed by atoms with van der Waals surface area (Å²) in [6.07, 6.45) is -34.7. The van der Waals surface area contributed by atoms with Gasteiger partial charge in [-0.15, -0.1) is 0 Å². The van der Waals surface area contributed by atoms with Crippen molar-refractivity contribution < 1.29 is 81.1 Å². The number of halogens is 12. The summed E-state index contributed by atoms with van der Waals surface area (Å²) in [4.78, 5) is 0. The van der Waals surface area contributed by atoms with E-state index < -0.39 is 99.0 Å². The first-order valence-corrected chi connectivity index (χ1v) is 9.48. The molecule has 4 aliphatic rings. The Morgan fingerprint density at radius 2 is 0.794 bits per heavy atom. The third-order valence-corrected chi connectivity index (χ3v) is 6.02. The van der Waals surface area contributed by atoms with Crippen molar-refractivity contribution in [2.45, 2.75) is 85.7 Å². The van der Waals surface area contributed by atoms with Gasteiger partial charge in [0.05, 0.1) is 13.2 Å². The second-order valence-corrected chi connectivity index (χ2v) is 8.09. The Morgan fingerprint density at radius 3 is 1.03 bits per heavy atom. The molecule has 198 valence electrons. The predicted molar refractivity (Wildman–Crippen MR) is 77.9 cm³/mol. The number of hydrogen-bond donors (Lipinski definition) is 0. The zero-order chi connectivity index (χ0) is 25.5. The first-order valence-electron chi connectivity index (χ1n) is 9.48. The molecule has 4 saturated heterocycles. The number of fused-ring (bicyclic) bond motifs is 1. The molecule has 6 unspecified atom stereocenters. The largest absolute Gasteiger partial charge is 0.426 e. The minimum absolute atomic E-state index is 0.416. The molecule has 0 saturated carbocycles. The van der Waals surface area contributed by atoms with Crippen molar-refractivity contribution in [1.82, 2.24) is 0 Å². The molecule has 6 nitrogen and oxygen atoms in total. The van der Waals surface area contributed by atoms with Crippen LogP contribution in [0.1, 0.15) is 12.8 Å². The highest BCUT2D eigenvalue weighted by molar-refractivity contribution is 5.05. The van der Waals surface area contributed by atoms with Crippen LogP contribution in [0.5, 0.6) is 0 Å². The second-order valence-electron chi connectivity index (χ2n) is 8.09. The second kappa shape index (κ2) is 7.71. The van der Waals surface area contributed by atoms with Gasteiger partial charge in [-0.1, -0.05) is 0 Å². The van der Waals surface area contributed by atoms with Gasteiger partial charge in [0.2, 0.25) is 0 Å². The lowest BCUT2D eigenvalue weighted by Gasteiger charge is -2.48. The van der Waals surface area contributed by atoms with Crippen LogP contribution in [0.25, 0.3) is 0 Å². The minimum atomic E-state index is -5.76. The van der Waals surface area contributed by atoms with Crippen LogP contribution in [0.15, 0.2) is 0 Å². The van der Waals surface area contributed by atoms with Crippen molar-refractivity contribution in [3.8, 4) is 0 Å². The number of hydrogen-bond acceptors (Lipinski definition) is 6. The minimum Gasteiger partial charge on any atom is -0.370 e. The van der Waals surface area contributed by atoms with Crippen LogP contribution < -0.4 is 0 Å². The van der Waals surface area contributed by atoms with Crippen LogP contribution in [0.3, 0.4) is 0 Å². The number of ether oxygens (including phenoxy) is 6. The molecule has 6 atom stereocenters. The molecule has 4 heterocycles. The van der Waals surface area contributed by atoms with Crippen LogP contribution in [-0.2, 0) is 28.4 Å². The van der Waals surface area contributed by atoms with E-state index >= 15 is 0 Å². The molecule has 4 aliphatic heterocycles. The molecule has 0 aromatic heterocycles. The summed E-state index contributed by atoms with van der Waals surface area (Å²) in [7, 11) is 0. The van der Waals surface area contributed by atoms with Crippen LogP contribution in [-0.4, -0.2) is 86.1 Å². The fourth-order valence-corrected chi connectivity index (χ4v) is 4.15. The summed E-state index contributed by atoms with van der Waals surface area (Å²) in [6, 6.07) is 0. The summed E-state index contributed by atoms with van der Waals surface area (Å²) in [6.45, 7) is -0.832. The van der Waals surface area contributed by atoms with Crippen LogP contribution in [0, 0.1) is 0 Å². The summed E-state index contributed by atoms with van der Waals surface area (Å²) in [5, 5.41) is 0. The van der Waals surface area contributed by atoms with Gasteiger partial charge in [-0.3, -0.25) is 0 Å². The van der Waals surface area contributed by atoms with Gasteiger partial charge in [0.25, 0.3) is 11.2 Å². The normalized spacial score (nSPS) is 37.8. The topological polar surface area (TPSA) is 55.4 Å². The molecule has 0 aromatic rings. The van der Waals surface area contributed by atoms with Crippen LogP contribution in [0.4, 0.5) is 52.7 Å². The first kappa shape index (κ1) is 26.0. The molecule has 0 N–H and O–H groups in total. The van der Waals surface area contributed by atoms with E-state index in [0.717, 1.165) is 0 Å². The van der Waals surface area contributed by atoms with Gasteiger partial charge in [0, 0.05) is 12.8 Å². The van der Waals surface area contributed by atoms with Crippen LogP contribution in [0.2, 0.25) is 0 Å². The molecule has 0 aromatic carbocycles. The molecule has 0 aliphatic carbocycles. The van der Waals surface area contributed by atoms with Crippen molar-refractivity contribution in [3.63, 3.8) is 0 Å². The molecule has 0 amide bonds. The van der Waals surface area contributed by atoms with Crippen molar-refractivity contribution >= 4 is 0 Å².